The minimum atomic E-state index is -3.55. The summed E-state index contributed by atoms with van der Waals surface area (Å²) in [5.74, 6) is 0.393. The van der Waals surface area contributed by atoms with Crippen LogP contribution in [-0.2, 0) is 14.8 Å². The Hall–Kier alpha value is -1.76. The molecule has 1 aromatic carbocycles. The fraction of sp³-hybridized carbons (Fsp3) is 0.533. The second-order valence-corrected chi connectivity index (χ2v) is 7.32. The molecule has 1 aliphatic heterocycles. The summed E-state index contributed by atoms with van der Waals surface area (Å²) >= 11 is 0. The van der Waals surface area contributed by atoms with Crippen LogP contribution in [0.3, 0.4) is 0 Å². The SMILES string of the molecule is COc1cccc(N(CC(=O)N2CCCCC2)S(C)(=O)=O)c1. The number of ether oxygens (including phenoxy) is 1. The lowest BCUT2D eigenvalue weighted by Gasteiger charge is -2.30. The first-order chi connectivity index (χ1) is 10.4. The Morgan fingerprint density at radius 1 is 1.27 bits per heavy atom. The molecule has 0 aromatic heterocycles. The van der Waals surface area contributed by atoms with Crippen molar-refractivity contribution in [3.63, 3.8) is 0 Å². The van der Waals surface area contributed by atoms with Gasteiger partial charge in [0.2, 0.25) is 15.9 Å². The van der Waals surface area contributed by atoms with Gasteiger partial charge in [-0.1, -0.05) is 6.07 Å². The monoisotopic (exact) mass is 326 g/mol. The number of benzene rings is 1. The van der Waals surface area contributed by atoms with Crippen LogP contribution in [0.25, 0.3) is 0 Å². The van der Waals surface area contributed by atoms with Crippen molar-refractivity contribution in [3.05, 3.63) is 24.3 Å². The van der Waals surface area contributed by atoms with Crippen molar-refractivity contribution in [2.75, 3.05) is 37.3 Å². The summed E-state index contributed by atoms with van der Waals surface area (Å²) in [6.07, 6.45) is 4.18. The molecule has 0 bridgehead atoms. The minimum absolute atomic E-state index is 0.159. The van der Waals surface area contributed by atoms with E-state index in [0.29, 0.717) is 24.5 Å². The van der Waals surface area contributed by atoms with E-state index in [2.05, 4.69) is 0 Å². The minimum Gasteiger partial charge on any atom is -0.497 e. The van der Waals surface area contributed by atoms with Gasteiger partial charge in [0.15, 0.2) is 0 Å². The summed E-state index contributed by atoms with van der Waals surface area (Å²) in [6, 6.07) is 6.71. The van der Waals surface area contributed by atoms with Gasteiger partial charge in [-0.3, -0.25) is 9.10 Å². The van der Waals surface area contributed by atoms with Gasteiger partial charge in [-0.25, -0.2) is 8.42 Å². The number of hydrogen-bond acceptors (Lipinski definition) is 4. The zero-order valence-electron chi connectivity index (χ0n) is 13.0. The van der Waals surface area contributed by atoms with Crippen LogP contribution in [0.5, 0.6) is 5.75 Å². The van der Waals surface area contributed by atoms with Gasteiger partial charge in [0, 0.05) is 19.2 Å². The van der Waals surface area contributed by atoms with Crippen molar-refractivity contribution in [1.82, 2.24) is 4.90 Å². The molecule has 0 atom stereocenters. The normalized spacial score (nSPS) is 15.5. The molecule has 0 radical (unpaired) electrons. The number of nitrogens with zero attached hydrogens (tertiary/aromatic N) is 2. The summed E-state index contributed by atoms with van der Waals surface area (Å²) in [7, 11) is -2.03. The van der Waals surface area contributed by atoms with Crippen molar-refractivity contribution < 1.29 is 17.9 Å². The molecule has 2 rings (SSSR count). The van der Waals surface area contributed by atoms with Gasteiger partial charge in [-0.15, -0.1) is 0 Å². The molecular weight excluding hydrogens is 304 g/mol. The first kappa shape index (κ1) is 16.6. The summed E-state index contributed by atoms with van der Waals surface area (Å²) in [6.45, 7) is 1.23. The third kappa shape index (κ3) is 4.13. The van der Waals surface area contributed by atoms with Crippen LogP contribution in [0, 0.1) is 0 Å². The highest BCUT2D eigenvalue weighted by molar-refractivity contribution is 7.92. The van der Waals surface area contributed by atoms with Crippen LogP contribution >= 0.6 is 0 Å². The average molecular weight is 326 g/mol. The Morgan fingerprint density at radius 2 is 1.95 bits per heavy atom. The first-order valence-corrected chi connectivity index (χ1v) is 9.16. The van der Waals surface area contributed by atoms with Crippen LogP contribution in [0.15, 0.2) is 24.3 Å². The van der Waals surface area contributed by atoms with Crippen molar-refractivity contribution in [2.45, 2.75) is 19.3 Å². The van der Waals surface area contributed by atoms with E-state index in [-0.39, 0.29) is 12.5 Å². The van der Waals surface area contributed by atoms with Gasteiger partial charge in [-0.05, 0) is 31.4 Å². The Labute approximate surface area is 131 Å². The van der Waals surface area contributed by atoms with Crippen molar-refractivity contribution in [3.8, 4) is 5.75 Å². The highest BCUT2D eigenvalue weighted by Crippen LogP contribution is 2.23. The van der Waals surface area contributed by atoms with E-state index in [4.69, 9.17) is 4.74 Å². The molecule has 22 heavy (non-hydrogen) atoms. The van der Waals surface area contributed by atoms with Crippen molar-refractivity contribution in [2.24, 2.45) is 0 Å². The zero-order valence-corrected chi connectivity index (χ0v) is 13.8. The Kier molecular flexibility index (Phi) is 5.28. The molecule has 0 N–H and O–H groups in total. The van der Waals surface area contributed by atoms with Crippen molar-refractivity contribution >= 4 is 21.6 Å². The number of rotatable bonds is 5. The number of methoxy groups -OCH3 is 1. The number of carbonyl (C=O) groups is 1. The van der Waals surface area contributed by atoms with E-state index in [1.165, 1.54) is 7.11 Å². The number of hydrogen-bond donors (Lipinski definition) is 0. The van der Waals surface area contributed by atoms with Gasteiger partial charge in [0.1, 0.15) is 12.3 Å². The molecule has 1 heterocycles. The molecule has 1 aromatic rings. The third-order valence-corrected chi connectivity index (χ3v) is 4.87. The quantitative estimate of drug-likeness (QED) is 0.822. The molecule has 6 nitrogen and oxygen atoms in total. The zero-order chi connectivity index (χ0) is 16.2. The highest BCUT2D eigenvalue weighted by atomic mass is 32.2. The molecule has 0 unspecified atom stereocenters. The van der Waals surface area contributed by atoms with Gasteiger partial charge in [-0.2, -0.15) is 0 Å². The van der Waals surface area contributed by atoms with E-state index in [1.807, 2.05) is 0 Å². The summed E-state index contributed by atoms with van der Waals surface area (Å²) in [5.41, 5.74) is 0.437. The molecule has 1 saturated heterocycles. The number of carbonyl (C=O) groups excluding carboxylic acids is 1. The van der Waals surface area contributed by atoms with Gasteiger partial charge in [0.25, 0.3) is 0 Å². The van der Waals surface area contributed by atoms with Gasteiger partial charge < -0.3 is 9.64 Å². The van der Waals surface area contributed by atoms with E-state index >= 15 is 0 Å². The Morgan fingerprint density at radius 3 is 2.55 bits per heavy atom. The fourth-order valence-electron chi connectivity index (χ4n) is 2.53. The second kappa shape index (κ2) is 7.00. The lowest BCUT2D eigenvalue weighted by atomic mass is 10.1. The Bertz CT molecular complexity index is 624. The van der Waals surface area contributed by atoms with Crippen LogP contribution in [-0.4, -0.2) is 52.2 Å². The van der Waals surface area contributed by atoms with Crippen LogP contribution in [0.1, 0.15) is 19.3 Å². The van der Waals surface area contributed by atoms with Crippen LogP contribution < -0.4 is 9.04 Å². The number of anilines is 1. The topological polar surface area (TPSA) is 66.9 Å². The van der Waals surface area contributed by atoms with Crippen molar-refractivity contribution in [1.29, 1.82) is 0 Å². The number of amides is 1. The average Bonchev–Trinajstić information content (AvgIpc) is 2.52. The maximum Gasteiger partial charge on any atom is 0.243 e. The second-order valence-electron chi connectivity index (χ2n) is 5.41. The smallest absolute Gasteiger partial charge is 0.243 e. The first-order valence-electron chi connectivity index (χ1n) is 7.31. The van der Waals surface area contributed by atoms with Crippen LogP contribution in [0.2, 0.25) is 0 Å². The number of sulfonamides is 1. The molecule has 1 fully saturated rings. The molecule has 1 amide bonds. The van der Waals surface area contributed by atoms with E-state index in [1.54, 1.807) is 29.2 Å². The summed E-state index contributed by atoms with van der Waals surface area (Å²) in [5, 5.41) is 0. The Balaban J connectivity index is 2.21. The molecule has 7 heteroatoms. The number of likely N-dealkylation sites (tertiary alicyclic amines) is 1. The fourth-order valence-corrected chi connectivity index (χ4v) is 3.37. The molecule has 0 saturated carbocycles. The molecule has 0 spiro atoms. The standard InChI is InChI=1S/C15H22N2O4S/c1-21-14-8-6-7-13(11-14)17(22(2,19)20)12-15(18)16-9-4-3-5-10-16/h6-8,11H,3-5,9-10,12H2,1-2H3. The highest BCUT2D eigenvalue weighted by Gasteiger charge is 2.25. The lowest BCUT2D eigenvalue weighted by Crippen LogP contribution is -2.44. The summed E-state index contributed by atoms with van der Waals surface area (Å²) in [4.78, 5) is 14.1. The van der Waals surface area contributed by atoms with E-state index in [0.717, 1.165) is 29.8 Å². The van der Waals surface area contributed by atoms with Gasteiger partial charge in [0.05, 0.1) is 19.1 Å². The predicted octanol–water partition coefficient (Wildman–Crippen LogP) is 1.47. The molecule has 0 aliphatic carbocycles. The van der Waals surface area contributed by atoms with Crippen LogP contribution in [0.4, 0.5) is 5.69 Å². The third-order valence-electron chi connectivity index (χ3n) is 3.73. The lowest BCUT2D eigenvalue weighted by molar-refractivity contribution is -0.130. The maximum absolute atomic E-state index is 12.4. The maximum atomic E-state index is 12.4. The molecular formula is C15H22N2O4S. The largest absolute Gasteiger partial charge is 0.497 e. The molecule has 122 valence electrons. The van der Waals surface area contributed by atoms with E-state index < -0.39 is 10.0 Å². The summed E-state index contributed by atoms with van der Waals surface area (Å²) < 4.78 is 30.4. The van der Waals surface area contributed by atoms with E-state index in [9.17, 15) is 13.2 Å². The predicted molar refractivity (Wildman–Crippen MR) is 85.6 cm³/mol. The number of piperidine rings is 1. The van der Waals surface area contributed by atoms with Gasteiger partial charge >= 0.3 is 0 Å². The molecule has 1 aliphatic rings.